The van der Waals surface area contributed by atoms with Crippen LogP contribution in [0, 0.1) is 0 Å². The van der Waals surface area contributed by atoms with Crippen molar-refractivity contribution >= 4 is 23.1 Å². The Morgan fingerprint density at radius 1 is 1.22 bits per heavy atom. The summed E-state index contributed by atoms with van der Waals surface area (Å²) in [4.78, 5) is 31.2. The Morgan fingerprint density at radius 2 is 2.07 bits per heavy atom. The largest absolute Gasteiger partial charge is 0.491 e. The molecule has 27 heavy (non-hydrogen) atoms. The molecular weight excluding hydrogens is 346 g/mol. The van der Waals surface area contributed by atoms with Crippen LogP contribution >= 0.6 is 0 Å². The van der Waals surface area contributed by atoms with Gasteiger partial charge in [0, 0.05) is 31.3 Å². The molecule has 1 amide bonds. The summed E-state index contributed by atoms with van der Waals surface area (Å²) in [6, 6.07) is 5.78. The number of ether oxygens (including phenoxy) is 2. The first-order chi connectivity index (χ1) is 13.2. The molecular formula is C20H23N3O4. The van der Waals surface area contributed by atoms with Gasteiger partial charge in [0.1, 0.15) is 11.6 Å². The molecule has 0 saturated carbocycles. The molecule has 1 fully saturated rings. The molecule has 7 nitrogen and oxygen atoms in total. The molecule has 0 spiro atoms. The van der Waals surface area contributed by atoms with E-state index in [2.05, 4.69) is 10.3 Å². The number of carbonyl (C=O) groups is 2. The summed E-state index contributed by atoms with van der Waals surface area (Å²) in [5.74, 6) is 1.19. The molecule has 0 radical (unpaired) electrons. The van der Waals surface area contributed by atoms with Crippen molar-refractivity contribution in [2.75, 3.05) is 38.2 Å². The molecule has 0 unspecified atom stereocenters. The van der Waals surface area contributed by atoms with Crippen LogP contribution in [0.2, 0.25) is 0 Å². The number of ketones is 1. The lowest BCUT2D eigenvalue weighted by Gasteiger charge is -2.30. The van der Waals surface area contributed by atoms with Gasteiger partial charge in [-0.1, -0.05) is 12.1 Å². The lowest BCUT2D eigenvalue weighted by atomic mass is 10.0. The predicted molar refractivity (Wildman–Crippen MR) is 101 cm³/mol. The summed E-state index contributed by atoms with van der Waals surface area (Å²) in [5, 5.41) is 2.92. The second-order valence-electron chi connectivity index (χ2n) is 6.89. The van der Waals surface area contributed by atoms with Gasteiger partial charge < -0.3 is 19.7 Å². The Morgan fingerprint density at radius 3 is 2.93 bits per heavy atom. The number of morpholine rings is 1. The van der Waals surface area contributed by atoms with Crippen LogP contribution in [0.3, 0.4) is 0 Å². The van der Waals surface area contributed by atoms with Crippen molar-refractivity contribution in [3.05, 3.63) is 35.7 Å². The fourth-order valence-electron chi connectivity index (χ4n) is 3.55. The molecule has 0 aliphatic carbocycles. The Bertz CT molecular complexity index is 809. The first-order valence-electron chi connectivity index (χ1n) is 9.37. The van der Waals surface area contributed by atoms with Crippen LogP contribution in [-0.2, 0) is 20.7 Å². The van der Waals surface area contributed by atoms with Gasteiger partial charge in [0.15, 0.2) is 5.78 Å². The number of rotatable bonds is 4. The first-order valence-corrected chi connectivity index (χ1v) is 9.37. The lowest BCUT2D eigenvalue weighted by Crippen LogP contribution is -2.36. The van der Waals surface area contributed by atoms with Gasteiger partial charge in [-0.25, -0.2) is 4.99 Å². The number of fused-ring (bicyclic) bond motifs is 1. The van der Waals surface area contributed by atoms with Crippen molar-refractivity contribution in [3.63, 3.8) is 0 Å². The Hall–Kier alpha value is -2.67. The van der Waals surface area contributed by atoms with Gasteiger partial charge in [-0.3, -0.25) is 9.59 Å². The highest BCUT2D eigenvalue weighted by molar-refractivity contribution is 6.16. The van der Waals surface area contributed by atoms with Crippen LogP contribution in [0.4, 0.5) is 5.69 Å². The minimum Gasteiger partial charge on any atom is -0.491 e. The molecule has 1 aromatic carbocycles. The maximum atomic E-state index is 12.5. The van der Waals surface area contributed by atoms with Crippen molar-refractivity contribution < 1.29 is 19.1 Å². The van der Waals surface area contributed by atoms with Crippen molar-refractivity contribution in [1.29, 1.82) is 0 Å². The number of aryl methyl sites for hydroxylation is 1. The monoisotopic (exact) mass is 369 g/mol. The molecule has 1 N–H and O–H groups in total. The van der Waals surface area contributed by atoms with Gasteiger partial charge in [-0.15, -0.1) is 0 Å². The lowest BCUT2D eigenvalue weighted by molar-refractivity contribution is -0.115. The van der Waals surface area contributed by atoms with Gasteiger partial charge in [0.05, 0.1) is 31.9 Å². The summed E-state index contributed by atoms with van der Waals surface area (Å²) in [6.07, 6.45) is 3.78. The van der Waals surface area contributed by atoms with Crippen LogP contribution in [0.1, 0.15) is 24.8 Å². The zero-order valence-corrected chi connectivity index (χ0v) is 15.2. The smallest absolute Gasteiger partial charge is 0.230 e. The fourth-order valence-corrected chi connectivity index (χ4v) is 3.55. The maximum absolute atomic E-state index is 12.5. The predicted octanol–water partition coefficient (Wildman–Crippen LogP) is 1.93. The number of hydrogen-bond acceptors (Lipinski definition) is 6. The number of allylic oxidation sites excluding steroid dienone is 1. The summed E-state index contributed by atoms with van der Waals surface area (Å²) in [7, 11) is 0. The van der Waals surface area contributed by atoms with E-state index in [4.69, 9.17) is 9.47 Å². The topological polar surface area (TPSA) is 80.2 Å². The maximum Gasteiger partial charge on any atom is 0.230 e. The SMILES string of the molecule is O=C1C=C(N2CCOCC2)N=C(CC(=O)Nc2cccc3c2OCCC3)C1. The zero-order chi connectivity index (χ0) is 18.6. The molecule has 1 saturated heterocycles. The van der Waals surface area contributed by atoms with Crippen LogP contribution in [0.15, 0.2) is 35.1 Å². The minimum absolute atomic E-state index is 0.0188. The number of nitrogens with zero attached hydrogens (tertiary/aromatic N) is 2. The van der Waals surface area contributed by atoms with Gasteiger partial charge in [0.25, 0.3) is 0 Å². The second-order valence-corrected chi connectivity index (χ2v) is 6.89. The molecule has 0 atom stereocenters. The van der Waals surface area contributed by atoms with Crippen LogP contribution in [-0.4, -0.2) is 55.2 Å². The molecule has 3 aliphatic heterocycles. The van der Waals surface area contributed by atoms with Gasteiger partial charge in [-0.05, 0) is 24.5 Å². The van der Waals surface area contributed by atoms with Crippen molar-refractivity contribution in [2.24, 2.45) is 4.99 Å². The highest BCUT2D eigenvalue weighted by Crippen LogP contribution is 2.33. The normalized spacial score (nSPS) is 19.6. The number of anilines is 1. The number of para-hydroxylation sites is 1. The number of benzene rings is 1. The van der Waals surface area contributed by atoms with Gasteiger partial charge in [-0.2, -0.15) is 0 Å². The highest BCUT2D eigenvalue weighted by Gasteiger charge is 2.22. The fraction of sp³-hybridized carbons (Fsp3) is 0.450. The molecule has 3 aliphatic rings. The number of aliphatic imine (C=N–C) groups is 1. The van der Waals surface area contributed by atoms with E-state index >= 15 is 0 Å². The minimum atomic E-state index is -0.188. The van der Waals surface area contributed by atoms with Crippen LogP contribution in [0.25, 0.3) is 0 Å². The number of hydrogen-bond donors (Lipinski definition) is 1. The summed E-state index contributed by atoms with van der Waals surface area (Å²) in [5.41, 5.74) is 2.39. The van der Waals surface area contributed by atoms with E-state index in [-0.39, 0.29) is 24.5 Å². The van der Waals surface area contributed by atoms with Crippen molar-refractivity contribution in [2.45, 2.75) is 25.7 Å². The third-order valence-corrected chi connectivity index (χ3v) is 4.85. The van der Waals surface area contributed by atoms with Gasteiger partial charge in [0.2, 0.25) is 5.91 Å². The summed E-state index contributed by atoms with van der Waals surface area (Å²) < 4.78 is 11.1. The molecule has 4 rings (SSSR count). The Balaban J connectivity index is 1.44. The molecule has 142 valence electrons. The standard InChI is InChI=1S/C20H23N3O4/c24-16-11-15(21-18(13-16)23-6-9-26-10-7-23)12-19(25)22-17-5-1-3-14-4-2-8-27-20(14)17/h1,3,5,13H,2,4,6-12H2,(H,22,25). The molecule has 3 heterocycles. The average Bonchev–Trinajstić information content (AvgIpc) is 2.68. The number of carbonyl (C=O) groups excluding carboxylic acids is 2. The first kappa shape index (κ1) is 17.7. The van der Waals surface area contributed by atoms with E-state index in [0.717, 1.165) is 24.2 Å². The van der Waals surface area contributed by atoms with Crippen LogP contribution in [0.5, 0.6) is 5.75 Å². The Labute approximate surface area is 158 Å². The summed E-state index contributed by atoms with van der Waals surface area (Å²) in [6.45, 7) is 3.31. The van der Waals surface area contributed by atoms with E-state index in [1.807, 2.05) is 23.1 Å². The average molecular weight is 369 g/mol. The third kappa shape index (κ3) is 4.19. The number of amides is 1. The van der Waals surface area contributed by atoms with Crippen molar-refractivity contribution in [3.8, 4) is 5.75 Å². The van der Waals surface area contributed by atoms with E-state index < -0.39 is 0 Å². The van der Waals surface area contributed by atoms with E-state index in [0.29, 0.717) is 50.1 Å². The molecule has 7 heteroatoms. The van der Waals surface area contributed by atoms with E-state index in [1.165, 1.54) is 0 Å². The Kier molecular flexibility index (Phi) is 5.20. The van der Waals surface area contributed by atoms with Crippen LogP contribution < -0.4 is 10.1 Å². The molecule has 0 bridgehead atoms. The van der Waals surface area contributed by atoms with E-state index in [9.17, 15) is 9.59 Å². The zero-order valence-electron chi connectivity index (χ0n) is 15.2. The molecule has 0 aromatic heterocycles. The second kappa shape index (κ2) is 7.92. The van der Waals surface area contributed by atoms with Crippen molar-refractivity contribution in [1.82, 2.24) is 4.90 Å². The molecule has 1 aromatic rings. The van der Waals surface area contributed by atoms with E-state index in [1.54, 1.807) is 6.08 Å². The summed E-state index contributed by atoms with van der Waals surface area (Å²) >= 11 is 0. The quantitative estimate of drug-likeness (QED) is 0.877. The highest BCUT2D eigenvalue weighted by atomic mass is 16.5. The van der Waals surface area contributed by atoms with Gasteiger partial charge >= 0.3 is 0 Å². The number of nitrogens with one attached hydrogen (secondary N) is 1. The third-order valence-electron chi connectivity index (χ3n) is 4.85.